The maximum absolute atomic E-state index is 11.4. The summed E-state index contributed by atoms with van der Waals surface area (Å²) >= 11 is 1.69. The number of esters is 1. The molecule has 2 aromatic carbocycles. The van der Waals surface area contributed by atoms with Gasteiger partial charge >= 0.3 is 5.97 Å². The van der Waals surface area contributed by atoms with Crippen molar-refractivity contribution in [1.82, 2.24) is 15.2 Å². The Morgan fingerprint density at radius 1 is 0.931 bits per heavy atom. The molecule has 7 heteroatoms. The second kappa shape index (κ2) is 8.20. The number of nitrogens with zero attached hydrogens (tertiary/aromatic N) is 3. The maximum Gasteiger partial charge on any atom is 0.358 e. The van der Waals surface area contributed by atoms with Gasteiger partial charge in [0.2, 0.25) is 0 Å². The van der Waals surface area contributed by atoms with Crippen LogP contribution in [0.25, 0.3) is 21.8 Å². The molecule has 29 heavy (non-hydrogen) atoms. The van der Waals surface area contributed by atoms with Crippen molar-refractivity contribution in [3.05, 3.63) is 77.3 Å². The average molecular weight is 402 g/mol. The van der Waals surface area contributed by atoms with E-state index in [9.17, 15) is 4.79 Å². The zero-order chi connectivity index (χ0) is 20.2. The molecule has 1 N–H and O–H groups in total. The molecule has 0 aliphatic heterocycles. The molecule has 0 fully saturated rings. The summed E-state index contributed by atoms with van der Waals surface area (Å²) in [7, 11) is 1.31. The molecule has 0 spiro atoms. The summed E-state index contributed by atoms with van der Waals surface area (Å²) in [5, 5.41) is 12.0. The van der Waals surface area contributed by atoms with Gasteiger partial charge in [0.15, 0.2) is 11.5 Å². The summed E-state index contributed by atoms with van der Waals surface area (Å²) < 4.78 is 4.62. The van der Waals surface area contributed by atoms with E-state index >= 15 is 0 Å². The van der Waals surface area contributed by atoms with E-state index in [-0.39, 0.29) is 5.69 Å². The zero-order valence-electron chi connectivity index (χ0n) is 15.9. The molecule has 4 aromatic rings. The Morgan fingerprint density at radius 3 is 2.34 bits per heavy atom. The number of aryl methyl sites for hydroxylation is 1. The van der Waals surface area contributed by atoms with Crippen LogP contribution in [0.3, 0.4) is 0 Å². The number of aromatic nitrogens is 3. The number of anilines is 2. The van der Waals surface area contributed by atoms with Crippen LogP contribution in [0.15, 0.2) is 66.7 Å². The monoisotopic (exact) mass is 402 g/mol. The van der Waals surface area contributed by atoms with Gasteiger partial charge < -0.3 is 10.1 Å². The van der Waals surface area contributed by atoms with Crippen molar-refractivity contribution in [1.29, 1.82) is 0 Å². The van der Waals surface area contributed by atoms with Gasteiger partial charge in [0.1, 0.15) is 5.01 Å². The maximum atomic E-state index is 11.4. The Hall–Kier alpha value is -3.58. The van der Waals surface area contributed by atoms with Crippen LogP contribution in [0, 0.1) is 6.92 Å². The third-order valence-electron chi connectivity index (χ3n) is 4.31. The van der Waals surface area contributed by atoms with Gasteiger partial charge in [0.25, 0.3) is 0 Å². The van der Waals surface area contributed by atoms with Gasteiger partial charge in [0, 0.05) is 21.7 Å². The van der Waals surface area contributed by atoms with Crippen LogP contribution in [0.2, 0.25) is 0 Å². The summed E-state index contributed by atoms with van der Waals surface area (Å²) in [6, 6.07) is 21.4. The summed E-state index contributed by atoms with van der Waals surface area (Å²) in [5.74, 6) is 0.0310. The van der Waals surface area contributed by atoms with Gasteiger partial charge in [-0.25, -0.2) is 9.78 Å². The number of methoxy groups -OCH3 is 1. The lowest BCUT2D eigenvalue weighted by molar-refractivity contribution is 0.0593. The third-order valence-corrected chi connectivity index (χ3v) is 5.33. The highest BCUT2D eigenvalue weighted by Gasteiger charge is 2.12. The molecule has 0 bridgehead atoms. The van der Waals surface area contributed by atoms with Crippen molar-refractivity contribution in [2.45, 2.75) is 6.92 Å². The molecule has 4 rings (SSSR count). The predicted molar refractivity (Wildman–Crippen MR) is 114 cm³/mol. The minimum absolute atomic E-state index is 0.168. The van der Waals surface area contributed by atoms with E-state index in [0.717, 1.165) is 27.5 Å². The second-order valence-corrected chi connectivity index (χ2v) is 7.49. The van der Waals surface area contributed by atoms with Gasteiger partial charge in [-0.05, 0) is 31.2 Å². The Bertz CT molecular complexity index is 1120. The van der Waals surface area contributed by atoms with E-state index in [1.165, 1.54) is 12.0 Å². The van der Waals surface area contributed by atoms with Crippen LogP contribution < -0.4 is 5.32 Å². The molecule has 0 radical (unpaired) electrons. The number of hydrogen-bond acceptors (Lipinski definition) is 7. The fourth-order valence-corrected chi connectivity index (χ4v) is 3.78. The van der Waals surface area contributed by atoms with Crippen LogP contribution in [-0.2, 0) is 4.74 Å². The van der Waals surface area contributed by atoms with Gasteiger partial charge in [-0.1, -0.05) is 42.5 Å². The molecule has 144 valence electrons. The number of hydrogen-bond donors (Lipinski definition) is 1. The van der Waals surface area contributed by atoms with Gasteiger partial charge in [-0.3, -0.25) is 0 Å². The number of thiazole rings is 1. The van der Waals surface area contributed by atoms with E-state index < -0.39 is 5.97 Å². The van der Waals surface area contributed by atoms with Gasteiger partial charge in [0.05, 0.1) is 12.8 Å². The minimum Gasteiger partial charge on any atom is -0.464 e. The topological polar surface area (TPSA) is 77.0 Å². The predicted octanol–water partition coefficient (Wildman–Crippen LogP) is 5.11. The number of carbonyl (C=O) groups is 1. The highest BCUT2D eigenvalue weighted by atomic mass is 32.1. The molecule has 0 saturated carbocycles. The standard InChI is InChI=1S/C22H18N4O2S/c1-14-20(24-21(29-14)16-6-4-3-5-7-16)15-8-10-17(11-9-15)23-19-13-12-18(25-26-19)22(27)28-2/h3-13H,1-2H3,(H,23,26). The summed E-state index contributed by atoms with van der Waals surface area (Å²) in [6.45, 7) is 2.09. The van der Waals surface area contributed by atoms with Crippen LogP contribution in [0.5, 0.6) is 0 Å². The summed E-state index contributed by atoms with van der Waals surface area (Å²) in [6.07, 6.45) is 0. The van der Waals surface area contributed by atoms with Crippen molar-refractivity contribution in [2.75, 3.05) is 12.4 Å². The number of rotatable bonds is 5. The van der Waals surface area contributed by atoms with E-state index in [4.69, 9.17) is 4.98 Å². The largest absolute Gasteiger partial charge is 0.464 e. The van der Waals surface area contributed by atoms with Crippen molar-refractivity contribution >= 4 is 28.8 Å². The van der Waals surface area contributed by atoms with Gasteiger partial charge in [-0.2, -0.15) is 0 Å². The quantitative estimate of drug-likeness (QED) is 0.468. The second-order valence-electron chi connectivity index (χ2n) is 6.29. The Morgan fingerprint density at radius 2 is 1.69 bits per heavy atom. The third kappa shape index (κ3) is 4.14. The molecule has 2 heterocycles. The smallest absolute Gasteiger partial charge is 0.358 e. The lowest BCUT2D eigenvalue weighted by Crippen LogP contribution is -2.06. The van der Waals surface area contributed by atoms with E-state index in [1.807, 2.05) is 42.5 Å². The summed E-state index contributed by atoms with van der Waals surface area (Å²) in [4.78, 5) is 17.4. The fourth-order valence-electron chi connectivity index (χ4n) is 2.84. The molecule has 0 aliphatic carbocycles. The van der Waals surface area contributed by atoms with Crippen LogP contribution in [0.1, 0.15) is 15.4 Å². The Balaban J connectivity index is 1.51. The number of ether oxygens (including phenoxy) is 1. The number of carbonyl (C=O) groups excluding carboxylic acids is 1. The Kier molecular flexibility index (Phi) is 5.31. The number of nitrogens with one attached hydrogen (secondary N) is 1. The fraction of sp³-hybridized carbons (Fsp3) is 0.0909. The first-order valence-corrected chi connectivity index (χ1v) is 9.78. The Labute approximate surface area is 172 Å². The first-order valence-electron chi connectivity index (χ1n) is 8.96. The normalized spacial score (nSPS) is 10.6. The molecule has 0 amide bonds. The number of benzene rings is 2. The molecular formula is C22H18N4O2S. The molecule has 0 atom stereocenters. The molecule has 0 unspecified atom stereocenters. The lowest BCUT2D eigenvalue weighted by Gasteiger charge is -2.06. The van der Waals surface area contributed by atoms with Crippen molar-refractivity contribution in [2.24, 2.45) is 0 Å². The van der Waals surface area contributed by atoms with Crippen molar-refractivity contribution < 1.29 is 9.53 Å². The highest BCUT2D eigenvalue weighted by Crippen LogP contribution is 2.33. The molecule has 0 saturated heterocycles. The molecule has 6 nitrogen and oxygen atoms in total. The molecule has 2 aromatic heterocycles. The first-order chi connectivity index (χ1) is 14.1. The summed E-state index contributed by atoms with van der Waals surface area (Å²) in [5.41, 5.74) is 4.20. The van der Waals surface area contributed by atoms with Crippen LogP contribution in [0.4, 0.5) is 11.5 Å². The minimum atomic E-state index is -0.512. The van der Waals surface area contributed by atoms with E-state index in [2.05, 4.69) is 39.3 Å². The first kappa shape index (κ1) is 18.8. The molecular weight excluding hydrogens is 384 g/mol. The van der Waals surface area contributed by atoms with Crippen LogP contribution >= 0.6 is 11.3 Å². The van der Waals surface area contributed by atoms with Crippen molar-refractivity contribution in [3.8, 4) is 21.8 Å². The SMILES string of the molecule is COC(=O)c1ccc(Nc2ccc(-c3nc(-c4ccccc4)sc3C)cc2)nn1. The van der Waals surface area contributed by atoms with E-state index in [0.29, 0.717) is 5.82 Å². The molecule has 0 aliphatic rings. The zero-order valence-corrected chi connectivity index (χ0v) is 16.7. The highest BCUT2D eigenvalue weighted by molar-refractivity contribution is 7.15. The van der Waals surface area contributed by atoms with Gasteiger partial charge in [-0.15, -0.1) is 21.5 Å². The average Bonchev–Trinajstić information content (AvgIpc) is 3.16. The lowest BCUT2D eigenvalue weighted by atomic mass is 10.1. The van der Waals surface area contributed by atoms with E-state index in [1.54, 1.807) is 23.5 Å². The van der Waals surface area contributed by atoms with Crippen LogP contribution in [-0.4, -0.2) is 28.3 Å². The van der Waals surface area contributed by atoms with Crippen molar-refractivity contribution in [3.63, 3.8) is 0 Å².